The van der Waals surface area contributed by atoms with E-state index in [4.69, 9.17) is 17.0 Å². The Kier molecular flexibility index (Phi) is 7.50. The SMILES string of the molecule is Cc1cccc(N2C(=O)/C(=C\c3cc(C)n(-c4ccc(OCc5ccc(Br)cc5)cc4)c3C)C(=O)NC2=S)c1. The van der Waals surface area contributed by atoms with Crippen molar-refractivity contribution in [2.75, 3.05) is 4.90 Å². The quantitative estimate of drug-likeness (QED) is 0.154. The number of ether oxygens (including phenoxy) is 1. The van der Waals surface area contributed by atoms with Gasteiger partial charge in [-0.05, 0) is 110 Å². The number of aryl methyl sites for hydroxylation is 2. The Bertz CT molecular complexity index is 1620. The fraction of sp³-hybridized carbons (Fsp3) is 0.129. The minimum atomic E-state index is -0.508. The Hall–Kier alpha value is -4.01. The minimum Gasteiger partial charge on any atom is -0.489 e. The molecular formula is C31H26BrN3O3S. The van der Waals surface area contributed by atoms with E-state index in [0.717, 1.165) is 44.0 Å². The van der Waals surface area contributed by atoms with E-state index in [0.29, 0.717) is 12.3 Å². The van der Waals surface area contributed by atoms with E-state index in [9.17, 15) is 9.59 Å². The second-order valence-electron chi connectivity index (χ2n) is 9.37. The van der Waals surface area contributed by atoms with Gasteiger partial charge < -0.3 is 9.30 Å². The Balaban J connectivity index is 1.39. The van der Waals surface area contributed by atoms with Gasteiger partial charge in [0.25, 0.3) is 11.8 Å². The van der Waals surface area contributed by atoms with Crippen LogP contribution in [0.2, 0.25) is 0 Å². The van der Waals surface area contributed by atoms with Crippen molar-refractivity contribution >= 4 is 56.8 Å². The molecule has 4 aromatic rings. The highest BCUT2D eigenvalue weighted by molar-refractivity contribution is 9.10. The number of carbonyl (C=O) groups is 2. The van der Waals surface area contributed by atoms with Gasteiger partial charge in [0.15, 0.2) is 5.11 Å². The number of carbonyl (C=O) groups excluding carboxylic acids is 2. The maximum Gasteiger partial charge on any atom is 0.270 e. The Morgan fingerprint density at radius 2 is 1.64 bits per heavy atom. The number of thiocarbonyl (C=S) groups is 1. The summed E-state index contributed by atoms with van der Waals surface area (Å²) in [5, 5.41) is 2.73. The van der Waals surface area contributed by atoms with Crippen LogP contribution in [0.4, 0.5) is 5.69 Å². The summed E-state index contributed by atoms with van der Waals surface area (Å²) < 4.78 is 9.06. The van der Waals surface area contributed by atoms with E-state index >= 15 is 0 Å². The second kappa shape index (κ2) is 11.0. The van der Waals surface area contributed by atoms with E-state index in [1.54, 1.807) is 12.1 Å². The van der Waals surface area contributed by atoms with Crippen LogP contribution in [0.15, 0.2) is 88.9 Å². The summed E-state index contributed by atoms with van der Waals surface area (Å²) >= 11 is 8.78. The highest BCUT2D eigenvalue weighted by Gasteiger charge is 2.34. The van der Waals surface area contributed by atoms with Crippen molar-refractivity contribution in [3.05, 3.63) is 117 Å². The molecule has 0 saturated carbocycles. The lowest BCUT2D eigenvalue weighted by molar-refractivity contribution is -0.122. The summed E-state index contributed by atoms with van der Waals surface area (Å²) in [6, 6.07) is 25.3. The van der Waals surface area contributed by atoms with Gasteiger partial charge in [0.2, 0.25) is 0 Å². The number of benzene rings is 3. The first kappa shape index (κ1) is 26.6. The van der Waals surface area contributed by atoms with Crippen molar-refractivity contribution in [2.45, 2.75) is 27.4 Å². The Morgan fingerprint density at radius 3 is 2.33 bits per heavy atom. The monoisotopic (exact) mass is 599 g/mol. The van der Waals surface area contributed by atoms with E-state index in [1.165, 1.54) is 4.90 Å². The van der Waals surface area contributed by atoms with Crippen LogP contribution in [-0.2, 0) is 16.2 Å². The van der Waals surface area contributed by atoms with E-state index in [-0.39, 0.29) is 10.7 Å². The first-order valence-corrected chi connectivity index (χ1v) is 13.6. The van der Waals surface area contributed by atoms with E-state index in [1.807, 2.05) is 93.6 Å². The molecule has 1 aliphatic rings. The number of rotatable bonds is 6. The Morgan fingerprint density at radius 1 is 0.923 bits per heavy atom. The van der Waals surface area contributed by atoms with Gasteiger partial charge in [0, 0.05) is 21.5 Å². The minimum absolute atomic E-state index is 0.0297. The molecule has 1 aromatic heterocycles. The molecular weight excluding hydrogens is 574 g/mol. The van der Waals surface area contributed by atoms with Gasteiger partial charge in [-0.15, -0.1) is 0 Å². The molecule has 0 aliphatic carbocycles. The first-order valence-electron chi connectivity index (χ1n) is 12.4. The fourth-order valence-electron chi connectivity index (χ4n) is 4.58. The molecule has 1 fully saturated rings. The van der Waals surface area contributed by atoms with Crippen molar-refractivity contribution < 1.29 is 14.3 Å². The maximum atomic E-state index is 13.4. The molecule has 196 valence electrons. The topological polar surface area (TPSA) is 63.6 Å². The van der Waals surface area contributed by atoms with Crippen molar-refractivity contribution in [3.8, 4) is 11.4 Å². The van der Waals surface area contributed by atoms with Crippen LogP contribution in [0, 0.1) is 20.8 Å². The third-order valence-electron chi connectivity index (χ3n) is 6.55. The van der Waals surface area contributed by atoms with Crippen LogP contribution in [0.3, 0.4) is 0 Å². The molecule has 39 heavy (non-hydrogen) atoms. The van der Waals surface area contributed by atoms with Crippen LogP contribution in [0.25, 0.3) is 11.8 Å². The van der Waals surface area contributed by atoms with Crippen LogP contribution in [0.1, 0.15) is 28.1 Å². The van der Waals surface area contributed by atoms with Gasteiger partial charge in [-0.1, -0.05) is 40.2 Å². The zero-order valence-corrected chi connectivity index (χ0v) is 24.1. The van der Waals surface area contributed by atoms with Crippen LogP contribution < -0.4 is 15.0 Å². The largest absolute Gasteiger partial charge is 0.489 e. The molecule has 1 saturated heterocycles. The maximum absolute atomic E-state index is 13.4. The highest BCUT2D eigenvalue weighted by atomic mass is 79.9. The molecule has 5 rings (SSSR count). The number of anilines is 1. The molecule has 8 heteroatoms. The summed E-state index contributed by atoms with van der Waals surface area (Å²) in [4.78, 5) is 27.6. The Labute approximate surface area is 241 Å². The highest BCUT2D eigenvalue weighted by Crippen LogP contribution is 2.27. The third-order valence-corrected chi connectivity index (χ3v) is 7.36. The molecule has 0 bridgehead atoms. The van der Waals surface area contributed by atoms with E-state index < -0.39 is 11.8 Å². The predicted octanol–water partition coefficient (Wildman–Crippen LogP) is 6.58. The van der Waals surface area contributed by atoms with Crippen LogP contribution in [-0.4, -0.2) is 21.5 Å². The number of nitrogens with zero attached hydrogens (tertiary/aromatic N) is 2. The van der Waals surface area contributed by atoms with Gasteiger partial charge >= 0.3 is 0 Å². The molecule has 0 spiro atoms. The zero-order chi connectivity index (χ0) is 27.7. The van der Waals surface area contributed by atoms with Crippen LogP contribution in [0.5, 0.6) is 5.75 Å². The number of nitrogens with one attached hydrogen (secondary N) is 1. The standard InChI is InChI=1S/C31H26BrN3O3S/c1-19-5-4-6-26(15-19)35-30(37)28(29(36)33-31(35)39)17-23-16-20(2)34(21(23)3)25-11-13-27(14-12-25)38-18-22-7-9-24(32)10-8-22/h4-17H,18H2,1-3H3,(H,33,36,39)/b28-17-. The number of hydrogen-bond donors (Lipinski definition) is 1. The third kappa shape index (κ3) is 5.57. The average molecular weight is 601 g/mol. The number of amides is 2. The molecule has 3 aromatic carbocycles. The normalized spacial score (nSPS) is 14.6. The predicted molar refractivity (Wildman–Crippen MR) is 161 cm³/mol. The summed E-state index contributed by atoms with van der Waals surface area (Å²) in [6.45, 7) is 6.37. The number of halogens is 1. The van der Waals surface area contributed by atoms with Gasteiger partial charge in [0.05, 0.1) is 5.69 Å². The molecule has 1 N–H and O–H groups in total. The molecule has 2 heterocycles. The van der Waals surface area contributed by atoms with Crippen molar-refractivity contribution in [1.29, 1.82) is 0 Å². The molecule has 2 amide bonds. The summed E-state index contributed by atoms with van der Waals surface area (Å²) in [7, 11) is 0. The van der Waals surface area contributed by atoms with Gasteiger partial charge in [-0.25, -0.2) is 0 Å². The van der Waals surface area contributed by atoms with E-state index in [2.05, 4.69) is 25.8 Å². The lowest BCUT2D eigenvalue weighted by Gasteiger charge is -2.29. The van der Waals surface area contributed by atoms with Crippen molar-refractivity contribution in [3.63, 3.8) is 0 Å². The van der Waals surface area contributed by atoms with Gasteiger partial charge in [0.1, 0.15) is 17.9 Å². The molecule has 0 unspecified atom stereocenters. The van der Waals surface area contributed by atoms with Crippen molar-refractivity contribution in [1.82, 2.24) is 9.88 Å². The summed E-state index contributed by atoms with van der Waals surface area (Å²) in [5.41, 5.74) is 6.31. The zero-order valence-electron chi connectivity index (χ0n) is 21.7. The smallest absolute Gasteiger partial charge is 0.270 e. The van der Waals surface area contributed by atoms with Gasteiger partial charge in [-0.2, -0.15) is 0 Å². The lowest BCUT2D eigenvalue weighted by Crippen LogP contribution is -2.54. The molecule has 0 atom stereocenters. The number of hydrogen-bond acceptors (Lipinski definition) is 4. The average Bonchev–Trinajstić information content (AvgIpc) is 3.19. The molecule has 6 nitrogen and oxygen atoms in total. The molecule has 0 radical (unpaired) electrons. The second-order valence-corrected chi connectivity index (χ2v) is 10.7. The van der Waals surface area contributed by atoms with Crippen LogP contribution >= 0.6 is 28.1 Å². The number of aromatic nitrogens is 1. The molecule has 1 aliphatic heterocycles. The first-order chi connectivity index (χ1) is 18.7. The van der Waals surface area contributed by atoms with Crippen molar-refractivity contribution in [2.24, 2.45) is 0 Å². The summed E-state index contributed by atoms with van der Waals surface area (Å²) in [6.07, 6.45) is 1.64. The lowest BCUT2D eigenvalue weighted by atomic mass is 10.1. The summed E-state index contributed by atoms with van der Waals surface area (Å²) in [5.74, 6) is -0.194. The fourth-order valence-corrected chi connectivity index (χ4v) is 5.13. The van der Waals surface area contributed by atoms with Gasteiger partial charge in [-0.3, -0.25) is 19.8 Å².